The Labute approximate surface area is 117 Å². The van der Waals surface area contributed by atoms with Crippen molar-refractivity contribution in [1.29, 1.82) is 0 Å². The summed E-state index contributed by atoms with van der Waals surface area (Å²) in [6.45, 7) is 11.8. The van der Waals surface area contributed by atoms with Crippen molar-refractivity contribution in [1.82, 2.24) is 9.78 Å². The van der Waals surface area contributed by atoms with Crippen LogP contribution in [0.5, 0.6) is 0 Å². The zero-order chi connectivity index (χ0) is 14.3. The Morgan fingerprint density at radius 1 is 1.42 bits per heavy atom. The number of nitrogens with zero attached hydrogens (tertiary/aromatic N) is 2. The van der Waals surface area contributed by atoms with E-state index in [0.717, 1.165) is 31.5 Å². The first-order valence-electron chi connectivity index (χ1n) is 7.49. The fraction of sp³-hybridized carbons (Fsp3) is 0.812. The Morgan fingerprint density at radius 2 is 2.11 bits per heavy atom. The lowest BCUT2D eigenvalue weighted by atomic mass is 9.64. The van der Waals surface area contributed by atoms with Crippen molar-refractivity contribution in [2.45, 2.75) is 72.4 Å². The number of aryl methyl sites for hydroxylation is 2. The molecule has 2 rings (SSSR count). The molecule has 1 N–H and O–H groups in total. The lowest BCUT2D eigenvalue weighted by Crippen LogP contribution is -2.44. The molecule has 0 bridgehead atoms. The van der Waals surface area contributed by atoms with E-state index in [1.165, 1.54) is 12.1 Å². The molecule has 3 nitrogen and oxygen atoms in total. The average Bonchev–Trinajstić information content (AvgIpc) is 2.53. The van der Waals surface area contributed by atoms with Crippen molar-refractivity contribution in [2.24, 2.45) is 11.3 Å². The Balaban J connectivity index is 2.20. The highest BCUT2D eigenvalue weighted by atomic mass is 16.3. The van der Waals surface area contributed by atoms with Crippen molar-refractivity contribution in [3.63, 3.8) is 0 Å². The summed E-state index contributed by atoms with van der Waals surface area (Å²) < 4.78 is 2.03. The number of hydrogen-bond acceptors (Lipinski definition) is 2. The van der Waals surface area contributed by atoms with E-state index in [-0.39, 0.29) is 5.41 Å². The molecule has 3 heteroatoms. The van der Waals surface area contributed by atoms with Gasteiger partial charge in [-0.05, 0) is 50.5 Å². The Morgan fingerprint density at radius 3 is 2.68 bits per heavy atom. The summed E-state index contributed by atoms with van der Waals surface area (Å²) in [5, 5.41) is 15.5. The molecule has 0 aromatic carbocycles. The quantitative estimate of drug-likeness (QED) is 0.909. The molecule has 1 heterocycles. The van der Waals surface area contributed by atoms with E-state index in [2.05, 4.69) is 38.9 Å². The van der Waals surface area contributed by atoms with Crippen LogP contribution in [0.4, 0.5) is 0 Å². The number of rotatable bonds is 3. The highest BCUT2D eigenvalue weighted by Crippen LogP contribution is 2.45. The smallest absolute Gasteiger partial charge is 0.0710 e. The molecule has 0 aliphatic heterocycles. The number of aromatic nitrogens is 2. The molecule has 1 fully saturated rings. The zero-order valence-electron chi connectivity index (χ0n) is 13.0. The molecular formula is C16H28N2O. The summed E-state index contributed by atoms with van der Waals surface area (Å²) in [4.78, 5) is 0. The van der Waals surface area contributed by atoms with Gasteiger partial charge in [-0.25, -0.2) is 0 Å². The third-order valence-corrected chi connectivity index (χ3v) is 4.23. The van der Waals surface area contributed by atoms with Gasteiger partial charge in [0.05, 0.1) is 11.3 Å². The molecule has 2 atom stereocenters. The largest absolute Gasteiger partial charge is 0.389 e. The molecule has 0 spiro atoms. The molecule has 1 aliphatic rings. The summed E-state index contributed by atoms with van der Waals surface area (Å²) in [6.07, 6.45) is 3.74. The SMILES string of the molecule is CCn1nc(C)cc1CC1(O)CC(C)CC(C)(C)C1. The third-order valence-electron chi connectivity index (χ3n) is 4.23. The Kier molecular flexibility index (Phi) is 3.78. The van der Waals surface area contributed by atoms with Gasteiger partial charge in [-0.15, -0.1) is 0 Å². The van der Waals surface area contributed by atoms with Gasteiger partial charge in [0, 0.05) is 18.7 Å². The average molecular weight is 264 g/mol. The van der Waals surface area contributed by atoms with Crippen LogP contribution in [0.25, 0.3) is 0 Å². The normalized spacial score (nSPS) is 30.5. The molecule has 19 heavy (non-hydrogen) atoms. The predicted molar refractivity (Wildman–Crippen MR) is 78.1 cm³/mol. The zero-order valence-corrected chi connectivity index (χ0v) is 13.0. The fourth-order valence-electron chi connectivity index (χ4n) is 4.19. The molecule has 1 saturated carbocycles. The van der Waals surface area contributed by atoms with E-state index >= 15 is 0 Å². The second-order valence-electron chi connectivity index (χ2n) is 7.35. The van der Waals surface area contributed by atoms with Crippen LogP contribution in [-0.4, -0.2) is 20.5 Å². The van der Waals surface area contributed by atoms with Crippen LogP contribution in [0.2, 0.25) is 0 Å². The van der Waals surface area contributed by atoms with Gasteiger partial charge in [-0.1, -0.05) is 20.8 Å². The molecule has 0 amide bonds. The summed E-state index contributed by atoms with van der Waals surface area (Å²) in [5.74, 6) is 0.591. The number of hydrogen-bond donors (Lipinski definition) is 1. The van der Waals surface area contributed by atoms with Crippen molar-refractivity contribution >= 4 is 0 Å². The first-order valence-corrected chi connectivity index (χ1v) is 7.49. The molecule has 0 saturated heterocycles. The van der Waals surface area contributed by atoms with Crippen LogP contribution in [-0.2, 0) is 13.0 Å². The first kappa shape index (κ1) is 14.6. The molecule has 2 unspecified atom stereocenters. The van der Waals surface area contributed by atoms with Gasteiger partial charge < -0.3 is 5.11 Å². The van der Waals surface area contributed by atoms with Crippen molar-refractivity contribution in [3.8, 4) is 0 Å². The molecule has 0 radical (unpaired) electrons. The fourth-order valence-corrected chi connectivity index (χ4v) is 4.19. The maximum absolute atomic E-state index is 11.0. The minimum Gasteiger partial charge on any atom is -0.389 e. The lowest BCUT2D eigenvalue weighted by Gasteiger charge is -2.44. The monoisotopic (exact) mass is 264 g/mol. The van der Waals surface area contributed by atoms with Gasteiger partial charge in [-0.3, -0.25) is 4.68 Å². The van der Waals surface area contributed by atoms with E-state index in [1.54, 1.807) is 0 Å². The van der Waals surface area contributed by atoms with Gasteiger partial charge >= 0.3 is 0 Å². The maximum atomic E-state index is 11.0. The van der Waals surface area contributed by atoms with Crippen LogP contribution in [0.1, 0.15) is 58.3 Å². The molecule has 1 aromatic heterocycles. The van der Waals surface area contributed by atoms with Gasteiger partial charge in [0.25, 0.3) is 0 Å². The van der Waals surface area contributed by atoms with Crippen LogP contribution in [0.3, 0.4) is 0 Å². The summed E-state index contributed by atoms with van der Waals surface area (Å²) >= 11 is 0. The van der Waals surface area contributed by atoms with Crippen LogP contribution < -0.4 is 0 Å². The Hall–Kier alpha value is -0.830. The molecule has 108 valence electrons. The van der Waals surface area contributed by atoms with Gasteiger partial charge in [0.15, 0.2) is 0 Å². The topological polar surface area (TPSA) is 38.0 Å². The Bertz CT molecular complexity index is 450. The minimum absolute atomic E-state index is 0.235. The maximum Gasteiger partial charge on any atom is 0.0710 e. The molecule has 1 aliphatic carbocycles. The van der Waals surface area contributed by atoms with E-state index in [1.807, 2.05) is 11.6 Å². The number of aliphatic hydroxyl groups is 1. The van der Waals surface area contributed by atoms with E-state index in [0.29, 0.717) is 5.92 Å². The lowest BCUT2D eigenvalue weighted by molar-refractivity contribution is -0.0586. The van der Waals surface area contributed by atoms with Crippen LogP contribution in [0.15, 0.2) is 6.07 Å². The van der Waals surface area contributed by atoms with E-state index in [9.17, 15) is 5.11 Å². The second kappa shape index (κ2) is 4.93. The minimum atomic E-state index is -0.569. The van der Waals surface area contributed by atoms with Crippen molar-refractivity contribution in [2.75, 3.05) is 0 Å². The molecular weight excluding hydrogens is 236 g/mol. The standard InChI is InChI=1S/C16H28N2O/c1-6-18-14(7-13(3)17-18)10-16(19)9-12(2)8-15(4,5)11-16/h7,12,19H,6,8-11H2,1-5H3. The molecule has 1 aromatic rings. The summed E-state index contributed by atoms with van der Waals surface area (Å²) in [6, 6.07) is 2.12. The van der Waals surface area contributed by atoms with Gasteiger partial charge in [0.2, 0.25) is 0 Å². The van der Waals surface area contributed by atoms with Crippen LogP contribution >= 0.6 is 0 Å². The first-order chi connectivity index (χ1) is 8.73. The highest BCUT2D eigenvalue weighted by molar-refractivity contribution is 5.13. The summed E-state index contributed by atoms with van der Waals surface area (Å²) in [7, 11) is 0. The van der Waals surface area contributed by atoms with E-state index in [4.69, 9.17) is 0 Å². The van der Waals surface area contributed by atoms with Gasteiger partial charge in [-0.2, -0.15) is 5.10 Å². The van der Waals surface area contributed by atoms with Crippen LogP contribution in [0, 0.1) is 18.3 Å². The predicted octanol–water partition coefficient (Wildman–Crippen LogP) is 3.33. The van der Waals surface area contributed by atoms with E-state index < -0.39 is 5.60 Å². The van der Waals surface area contributed by atoms with Crippen molar-refractivity contribution in [3.05, 3.63) is 17.5 Å². The van der Waals surface area contributed by atoms with Gasteiger partial charge in [0.1, 0.15) is 0 Å². The highest BCUT2D eigenvalue weighted by Gasteiger charge is 2.42. The second-order valence-corrected chi connectivity index (χ2v) is 7.35. The van der Waals surface area contributed by atoms with Crippen molar-refractivity contribution < 1.29 is 5.11 Å². The third kappa shape index (κ3) is 3.38. The summed E-state index contributed by atoms with van der Waals surface area (Å²) in [5.41, 5.74) is 1.88.